The second kappa shape index (κ2) is 8.43. The molecule has 144 valence electrons. The number of hydrogen-bond acceptors (Lipinski definition) is 6. The molecule has 2 aromatic rings. The summed E-state index contributed by atoms with van der Waals surface area (Å²) in [5.41, 5.74) is 1.79. The zero-order valence-electron chi connectivity index (χ0n) is 15.6. The lowest BCUT2D eigenvalue weighted by Gasteiger charge is -2.23. The normalized spacial score (nSPS) is 15.1. The molecule has 0 saturated carbocycles. The highest BCUT2D eigenvalue weighted by molar-refractivity contribution is 7.87. The van der Waals surface area contributed by atoms with Crippen LogP contribution in [0.3, 0.4) is 0 Å². The number of benzene rings is 2. The summed E-state index contributed by atoms with van der Waals surface area (Å²) in [5.74, 6) is 0.487. The van der Waals surface area contributed by atoms with Crippen molar-refractivity contribution in [1.82, 2.24) is 5.01 Å². The fourth-order valence-corrected chi connectivity index (χ4v) is 3.79. The molecule has 0 N–H and O–H groups in total. The van der Waals surface area contributed by atoms with Gasteiger partial charge in [0.05, 0.1) is 13.3 Å². The second-order valence-corrected chi connectivity index (χ2v) is 8.07. The van der Waals surface area contributed by atoms with E-state index in [1.54, 1.807) is 36.5 Å². The summed E-state index contributed by atoms with van der Waals surface area (Å²) in [5, 5.41) is 6.53. The molecular formula is C20H24N2O4S. The Morgan fingerprint density at radius 1 is 1.00 bits per heavy atom. The van der Waals surface area contributed by atoms with Crippen LogP contribution in [0.5, 0.6) is 11.5 Å². The number of aryl methyl sites for hydroxylation is 1. The van der Waals surface area contributed by atoms with Crippen LogP contribution in [0.2, 0.25) is 0 Å². The molecule has 0 amide bonds. The van der Waals surface area contributed by atoms with Crippen LogP contribution in [0.1, 0.15) is 30.4 Å². The van der Waals surface area contributed by atoms with Crippen molar-refractivity contribution in [1.29, 1.82) is 0 Å². The van der Waals surface area contributed by atoms with Crippen LogP contribution in [0.25, 0.3) is 0 Å². The molecule has 3 rings (SSSR count). The lowest BCUT2D eigenvalue weighted by molar-refractivity contribution is 0.240. The molecule has 27 heavy (non-hydrogen) atoms. The van der Waals surface area contributed by atoms with E-state index in [9.17, 15) is 8.42 Å². The number of rotatable bonds is 6. The van der Waals surface area contributed by atoms with Crippen molar-refractivity contribution in [3.63, 3.8) is 0 Å². The van der Waals surface area contributed by atoms with Gasteiger partial charge in [0, 0.05) is 13.1 Å². The highest BCUT2D eigenvalue weighted by Crippen LogP contribution is 2.30. The van der Waals surface area contributed by atoms with E-state index in [1.165, 1.54) is 25.7 Å². The summed E-state index contributed by atoms with van der Waals surface area (Å²) in [4.78, 5) is 0.103. The van der Waals surface area contributed by atoms with Crippen molar-refractivity contribution < 1.29 is 17.3 Å². The summed E-state index contributed by atoms with van der Waals surface area (Å²) < 4.78 is 35.6. The maximum atomic E-state index is 12.5. The lowest BCUT2D eigenvalue weighted by Crippen LogP contribution is -2.24. The van der Waals surface area contributed by atoms with E-state index in [4.69, 9.17) is 8.92 Å². The van der Waals surface area contributed by atoms with Gasteiger partial charge in [-0.3, -0.25) is 5.01 Å². The minimum absolute atomic E-state index is 0.103. The molecule has 0 spiro atoms. The summed E-state index contributed by atoms with van der Waals surface area (Å²) in [7, 11) is -2.45. The SMILES string of the molecule is COc1cc(/C=N/N2CCCCC2)ccc1OS(=O)(=O)c1ccc(C)cc1. The predicted octanol–water partition coefficient (Wildman–Crippen LogP) is 3.59. The monoisotopic (exact) mass is 388 g/mol. The smallest absolute Gasteiger partial charge is 0.339 e. The van der Waals surface area contributed by atoms with E-state index in [2.05, 4.69) is 5.10 Å². The number of methoxy groups -OCH3 is 1. The third kappa shape index (κ3) is 5.01. The van der Waals surface area contributed by atoms with Gasteiger partial charge >= 0.3 is 10.1 Å². The number of nitrogens with zero attached hydrogens (tertiary/aromatic N) is 2. The first-order valence-electron chi connectivity index (χ1n) is 8.96. The van der Waals surface area contributed by atoms with Gasteiger partial charge < -0.3 is 8.92 Å². The van der Waals surface area contributed by atoms with E-state index in [0.717, 1.165) is 37.1 Å². The Hall–Kier alpha value is -2.54. The molecule has 1 aliphatic rings. The molecule has 0 radical (unpaired) electrons. The fourth-order valence-electron chi connectivity index (χ4n) is 2.85. The average molecular weight is 388 g/mol. The maximum absolute atomic E-state index is 12.5. The second-order valence-electron chi connectivity index (χ2n) is 6.52. The fraction of sp³-hybridized carbons (Fsp3) is 0.350. The molecule has 7 heteroatoms. The van der Waals surface area contributed by atoms with Crippen molar-refractivity contribution in [3.05, 3.63) is 53.6 Å². The zero-order valence-corrected chi connectivity index (χ0v) is 16.4. The Kier molecular flexibility index (Phi) is 6.01. The lowest BCUT2D eigenvalue weighted by atomic mass is 10.2. The highest BCUT2D eigenvalue weighted by Gasteiger charge is 2.19. The van der Waals surface area contributed by atoms with E-state index in [0.29, 0.717) is 5.75 Å². The Balaban J connectivity index is 1.77. The van der Waals surface area contributed by atoms with Gasteiger partial charge in [-0.15, -0.1) is 0 Å². The van der Waals surface area contributed by atoms with Crippen LogP contribution in [0.4, 0.5) is 0 Å². The summed E-state index contributed by atoms with van der Waals surface area (Å²) in [6.45, 7) is 3.82. The number of hydrogen-bond donors (Lipinski definition) is 0. The first-order valence-corrected chi connectivity index (χ1v) is 10.4. The quantitative estimate of drug-likeness (QED) is 0.559. The first kappa shape index (κ1) is 19.2. The molecule has 0 aliphatic carbocycles. The maximum Gasteiger partial charge on any atom is 0.339 e. The first-order chi connectivity index (χ1) is 13.0. The van der Waals surface area contributed by atoms with E-state index < -0.39 is 10.1 Å². The minimum Gasteiger partial charge on any atom is -0.493 e. The molecular weight excluding hydrogens is 364 g/mol. The molecule has 1 heterocycles. The predicted molar refractivity (Wildman–Crippen MR) is 105 cm³/mol. The van der Waals surface area contributed by atoms with Gasteiger partial charge in [-0.25, -0.2) is 0 Å². The largest absolute Gasteiger partial charge is 0.493 e. The highest BCUT2D eigenvalue weighted by atomic mass is 32.2. The molecule has 0 aromatic heterocycles. The van der Waals surface area contributed by atoms with Crippen molar-refractivity contribution in [3.8, 4) is 11.5 Å². The molecule has 0 unspecified atom stereocenters. The van der Waals surface area contributed by atoms with Crippen LogP contribution < -0.4 is 8.92 Å². The van der Waals surface area contributed by atoms with Crippen molar-refractivity contribution in [2.45, 2.75) is 31.1 Å². The number of hydrazone groups is 1. The van der Waals surface area contributed by atoms with Crippen LogP contribution in [-0.2, 0) is 10.1 Å². The van der Waals surface area contributed by atoms with Crippen LogP contribution >= 0.6 is 0 Å². The van der Waals surface area contributed by atoms with Crippen LogP contribution in [0.15, 0.2) is 52.5 Å². The van der Waals surface area contributed by atoms with Crippen molar-refractivity contribution in [2.24, 2.45) is 5.10 Å². The van der Waals surface area contributed by atoms with E-state index in [1.807, 2.05) is 11.9 Å². The zero-order chi connectivity index (χ0) is 19.3. The molecule has 0 bridgehead atoms. The van der Waals surface area contributed by atoms with Crippen LogP contribution in [0, 0.1) is 6.92 Å². The standard InChI is InChI=1S/C20H24N2O4S/c1-16-6-9-18(10-7-16)27(23,24)26-19-11-8-17(14-20(19)25-2)15-21-22-12-4-3-5-13-22/h6-11,14-15H,3-5,12-13H2,1-2H3/b21-15+. The van der Waals surface area contributed by atoms with Gasteiger partial charge in [0.15, 0.2) is 11.5 Å². The van der Waals surface area contributed by atoms with Gasteiger partial charge in [0.25, 0.3) is 0 Å². The van der Waals surface area contributed by atoms with Gasteiger partial charge in [-0.05, 0) is 62.1 Å². The topological polar surface area (TPSA) is 68.2 Å². The van der Waals surface area contributed by atoms with Crippen molar-refractivity contribution in [2.75, 3.05) is 20.2 Å². The van der Waals surface area contributed by atoms with Crippen LogP contribution in [-0.4, -0.2) is 39.8 Å². The van der Waals surface area contributed by atoms with Gasteiger partial charge in [0.1, 0.15) is 4.90 Å². The average Bonchev–Trinajstić information content (AvgIpc) is 2.68. The molecule has 1 aliphatic heterocycles. The van der Waals surface area contributed by atoms with Crippen molar-refractivity contribution >= 4 is 16.3 Å². The number of ether oxygens (including phenoxy) is 1. The molecule has 1 saturated heterocycles. The molecule has 2 aromatic carbocycles. The summed E-state index contributed by atoms with van der Waals surface area (Å²) >= 11 is 0. The molecule has 0 atom stereocenters. The molecule has 1 fully saturated rings. The van der Waals surface area contributed by atoms with Gasteiger partial charge in [-0.2, -0.15) is 13.5 Å². The minimum atomic E-state index is -3.93. The Morgan fingerprint density at radius 2 is 1.70 bits per heavy atom. The van der Waals surface area contributed by atoms with Gasteiger partial charge in [0.2, 0.25) is 0 Å². The van der Waals surface area contributed by atoms with E-state index >= 15 is 0 Å². The Labute approximate surface area is 160 Å². The third-order valence-electron chi connectivity index (χ3n) is 4.40. The van der Waals surface area contributed by atoms with Gasteiger partial charge in [-0.1, -0.05) is 17.7 Å². The summed E-state index contributed by atoms with van der Waals surface area (Å²) in [6, 6.07) is 11.6. The number of piperidine rings is 1. The summed E-state index contributed by atoms with van der Waals surface area (Å²) in [6.07, 6.45) is 5.32. The molecule has 6 nitrogen and oxygen atoms in total. The van der Waals surface area contributed by atoms with E-state index in [-0.39, 0.29) is 10.6 Å². The third-order valence-corrected chi connectivity index (χ3v) is 5.65. The Morgan fingerprint density at radius 3 is 2.37 bits per heavy atom. The Bertz CT molecular complexity index is 902.